The molecular formula is C28H33N5O4. The zero-order valence-corrected chi connectivity index (χ0v) is 21.1. The molecule has 3 aromatic rings. The molecule has 3 saturated carbocycles. The SMILES string of the molecule is COc1ccc(OCC2CC2)c(-c2ncnc3c(C(=O)NC4CCC(NC(=O)C5CC5)CC4)c[nH]c23)c1. The molecule has 2 aromatic heterocycles. The van der Waals surface area contributed by atoms with Crippen molar-refractivity contribution < 1.29 is 19.1 Å². The number of amides is 2. The number of nitrogens with one attached hydrogen (secondary N) is 3. The first-order valence-electron chi connectivity index (χ1n) is 13.3. The highest BCUT2D eigenvalue weighted by Gasteiger charge is 2.32. The number of aromatic amines is 1. The third kappa shape index (κ3) is 5.26. The molecule has 0 spiro atoms. The Bertz CT molecular complexity index is 1310. The van der Waals surface area contributed by atoms with Crippen LogP contribution in [0.1, 0.15) is 61.7 Å². The summed E-state index contributed by atoms with van der Waals surface area (Å²) in [5.41, 5.74) is 3.21. The summed E-state index contributed by atoms with van der Waals surface area (Å²) >= 11 is 0. The van der Waals surface area contributed by atoms with E-state index in [0.717, 1.165) is 49.8 Å². The maximum absolute atomic E-state index is 13.2. The zero-order chi connectivity index (χ0) is 25.4. The smallest absolute Gasteiger partial charge is 0.255 e. The lowest BCUT2D eigenvalue weighted by atomic mass is 9.91. The topological polar surface area (TPSA) is 118 Å². The molecule has 9 nitrogen and oxygen atoms in total. The number of rotatable bonds is 9. The minimum Gasteiger partial charge on any atom is -0.497 e. The van der Waals surface area contributed by atoms with Gasteiger partial charge in [-0.2, -0.15) is 0 Å². The van der Waals surface area contributed by atoms with Crippen LogP contribution in [0.25, 0.3) is 22.3 Å². The molecule has 0 aliphatic heterocycles. The van der Waals surface area contributed by atoms with E-state index < -0.39 is 0 Å². The third-order valence-electron chi connectivity index (χ3n) is 7.68. The summed E-state index contributed by atoms with van der Waals surface area (Å²) in [7, 11) is 1.63. The Labute approximate surface area is 215 Å². The first-order valence-corrected chi connectivity index (χ1v) is 13.3. The average Bonchev–Trinajstić information content (AvgIpc) is 3.85. The van der Waals surface area contributed by atoms with Crippen LogP contribution >= 0.6 is 0 Å². The summed E-state index contributed by atoms with van der Waals surface area (Å²) in [5, 5.41) is 6.34. The van der Waals surface area contributed by atoms with E-state index in [1.54, 1.807) is 13.3 Å². The van der Waals surface area contributed by atoms with Gasteiger partial charge in [0.25, 0.3) is 5.91 Å². The van der Waals surface area contributed by atoms with E-state index >= 15 is 0 Å². The summed E-state index contributed by atoms with van der Waals surface area (Å²) in [6.07, 6.45) is 11.1. The van der Waals surface area contributed by atoms with Crippen molar-refractivity contribution in [3.63, 3.8) is 0 Å². The molecule has 3 aliphatic carbocycles. The van der Waals surface area contributed by atoms with E-state index in [2.05, 4.69) is 25.6 Å². The fourth-order valence-electron chi connectivity index (χ4n) is 5.07. The van der Waals surface area contributed by atoms with Gasteiger partial charge in [-0.1, -0.05) is 0 Å². The Morgan fingerprint density at radius 1 is 1.00 bits per heavy atom. The first-order chi connectivity index (χ1) is 18.1. The number of ether oxygens (including phenoxy) is 2. The number of carbonyl (C=O) groups excluding carboxylic acids is 2. The van der Waals surface area contributed by atoms with Crippen LogP contribution in [0, 0.1) is 11.8 Å². The van der Waals surface area contributed by atoms with Crippen molar-refractivity contribution >= 4 is 22.8 Å². The number of hydrogen-bond acceptors (Lipinski definition) is 6. The van der Waals surface area contributed by atoms with Gasteiger partial charge in [0.2, 0.25) is 5.91 Å². The van der Waals surface area contributed by atoms with Crippen molar-refractivity contribution in [2.45, 2.75) is 63.5 Å². The van der Waals surface area contributed by atoms with Crippen molar-refractivity contribution in [2.75, 3.05) is 13.7 Å². The number of hydrogen-bond donors (Lipinski definition) is 3. The summed E-state index contributed by atoms with van der Waals surface area (Å²) in [6, 6.07) is 5.98. The van der Waals surface area contributed by atoms with Crippen molar-refractivity contribution in [1.82, 2.24) is 25.6 Å². The Balaban J connectivity index is 1.18. The van der Waals surface area contributed by atoms with Crippen molar-refractivity contribution in [2.24, 2.45) is 11.8 Å². The second kappa shape index (κ2) is 10.0. The molecule has 3 fully saturated rings. The van der Waals surface area contributed by atoms with Gasteiger partial charge in [-0.3, -0.25) is 9.59 Å². The second-order valence-corrected chi connectivity index (χ2v) is 10.6. The molecule has 0 unspecified atom stereocenters. The largest absolute Gasteiger partial charge is 0.497 e. The van der Waals surface area contributed by atoms with Gasteiger partial charge in [0.15, 0.2) is 0 Å². The fourth-order valence-corrected chi connectivity index (χ4v) is 5.07. The lowest BCUT2D eigenvalue weighted by molar-refractivity contribution is -0.123. The lowest BCUT2D eigenvalue weighted by Crippen LogP contribution is -2.44. The highest BCUT2D eigenvalue weighted by molar-refractivity contribution is 6.08. The third-order valence-corrected chi connectivity index (χ3v) is 7.68. The quantitative estimate of drug-likeness (QED) is 0.406. The Morgan fingerprint density at radius 3 is 2.46 bits per heavy atom. The van der Waals surface area contributed by atoms with Gasteiger partial charge in [-0.25, -0.2) is 9.97 Å². The van der Waals surface area contributed by atoms with Crippen LogP contribution in [-0.2, 0) is 4.79 Å². The number of aromatic nitrogens is 3. The van der Waals surface area contributed by atoms with E-state index in [0.29, 0.717) is 40.6 Å². The minimum absolute atomic E-state index is 0.0774. The number of carbonyl (C=O) groups is 2. The molecule has 3 N–H and O–H groups in total. The molecule has 0 radical (unpaired) electrons. The van der Waals surface area contributed by atoms with Gasteiger partial charge in [0.1, 0.15) is 29.0 Å². The molecule has 37 heavy (non-hydrogen) atoms. The van der Waals surface area contributed by atoms with Crippen LogP contribution in [0.15, 0.2) is 30.7 Å². The van der Waals surface area contributed by atoms with Crippen molar-refractivity contribution in [3.05, 3.63) is 36.3 Å². The molecule has 2 amide bonds. The molecule has 0 saturated heterocycles. The molecule has 3 aliphatic rings. The molecule has 6 rings (SSSR count). The molecule has 194 valence electrons. The van der Waals surface area contributed by atoms with E-state index in [1.165, 1.54) is 19.2 Å². The summed E-state index contributed by atoms with van der Waals surface area (Å²) in [5.74, 6) is 2.32. The van der Waals surface area contributed by atoms with Crippen LogP contribution in [0.3, 0.4) is 0 Å². The number of methoxy groups -OCH3 is 1. The molecule has 0 atom stereocenters. The molecule has 2 heterocycles. The summed E-state index contributed by atoms with van der Waals surface area (Å²) in [4.78, 5) is 37.5. The average molecular weight is 504 g/mol. The molecule has 9 heteroatoms. The summed E-state index contributed by atoms with van der Waals surface area (Å²) < 4.78 is 11.6. The van der Waals surface area contributed by atoms with E-state index in [9.17, 15) is 9.59 Å². The van der Waals surface area contributed by atoms with Gasteiger partial charge in [-0.15, -0.1) is 0 Å². The minimum atomic E-state index is -0.155. The standard InChI is InChI=1S/C28H33N5O4/c1-36-20-10-11-23(37-14-16-2-3-16)21(12-20)24-26-25(31-15-30-24)22(13-29-26)28(35)33-19-8-6-18(7-9-19)32-27(34)17-4-5-17/h10-13,15-19,29H,2-9,14H2,1H3,(H,32,34)(H,33,35). The van der Waals surface area contributed by atoms with Gasteiger partial charge in [-0.05, 0) is 75.5 Å². The Morgan fingerprint density at radius 2 is 1.76 bits per heavy atom. The van der Waals surface area contributed by atoms with Gasteiger partial charge in [0.05, 0.1) is 24.8 Å². The second-order valence-electron chi connectivity index (χ2n) is 10.6. The Kier molecular flexibility index (Phi) is 6.44. The number of H-pyrrole nitrogens is 1. The maximum Gasteiger partial charge on any atom is 0.255 e. The van der Waals surface area contributed by atoms with Gasteiger partial charge in [0, 0.05) is 29.8 Å². The van der Waals surface area contributed by atoms with Crippen LogP contribution in [0.5, 0.6) is 11.5 Å². The van der Waals surface area contributed by atoms with Crippen LogP contribution in [0.4, 0.5) is 0 Å². The maximum atomic E-state index is 13.2. The van der Waals surface area contributed by atoms with Crippen molar-refractivity contribution in [3.8, 4) is 22.8 Å². The normalized spacial score (nSPS) is 21.4. The van der Waals surface area contributed by atoms with Crippen LogP contribution in [-0.4, -0.2) is 52.6 Å². The number of nitrogens with zero attached hydrogens (tertiary/aromatic N) is 2. The van der Waals surface area contributed by atoms with E-state index in [4.69, 9.17) is 9.47 Å². The Hall–Kier alpha value is -3.62. The highest BCUT2D eigenvalue weighted by atomic mass is 16.5. The summed E-state index contributed by atoms with van der Waals surface area (Å²) in [6.45, 7) is 0.679. The monoisotopic (exact) mass is 503 g/mol. The van der Waals surface area contributed by atoms with Gasteiger partial charge < -0.3 is 25.1 Å². The number of benzene rings is 1. The van der Waals surface area contributed by atoms with Crippen LogP contribution < -0.4 is 20.1 Å². The zero-order valence-electron chi connectivity index (χ0n) is 21.1. The highest BCUT2D eigenvalue weighted by Crippen LogP contribution is 2.38. The van der Waals surface area contributed by atoms with E-state index in [1.807, 2.05) is 18.2 Å². The first kappa shape index (κ1) is 23.8. The fraction of sp³-hybridized carbons (Fsp3) is 0.500. The molecule has 1 aromatic carbocycles. The van der Waals surface area contributed by atoms with E-state index in [-0.39, 0.29) is 29.8 Å². The van der Waals surface area contributed by atoms with Crippen LogP contribution in [0.2, 0.25) is 0 Å². The predicted molar refractivity (Wildman–Crippen MR) is 138 cm³/mol. The predicted octanol–water partition coefficient (Wildman–Crippen LogP) is 3.99. The lowest BCUT2D eigenvalue weighted by Gasteiger charge is -2.29. The van der Waals surface area contributed by atoms with Crippen molar-refractivity contribution in [1.29, 1.82) is 0 Å². The van der Waals surface area contributed by atoms with Gasteiger partial charge >= 0.3 is 0 Å². The number of fused-ring (bicyclic) bond motifs is 1. The molecule has 0 bridgehead atoms. The molecular weight excluding hydrogens is 470 g/mol.